The first kappa shape index (κ1) is 13.6. The highest BCUT2D eigenvalue weighted by Crippen LogP contribution is 2.24. The Morgan fingerprint density at radius 3 is 2.89 bits per heavy atom. The summed E-state index contributed by atoms with van der Waals surface area (Å²) in [6.45, 7) is 4.90. The first-order chi connectivity index (χ1) is 9.15. The number of benzene rings is 1. The molecule has 1 amide bonds. The van der Waals surface area contributed by atoms with Crippen molar-refractivity contribution in [2.24, 2.45) is 5.92 Å². The fourth-order valence-electron chi connectivity index (χ4n) is 2.13. The van der Waals surface area contributed by atoms with E-state index in [1.165, 1.54) is 16.7 Å². The molecular weight excluding hydrogens is 234 g/mol. The summed E-state index contributed by atoms with van der Waals surface area (Å²) in [5.74, 6) is 0.478. The number of allylic oxidation sites excluding steroid dienone is 2. The highest BCUT2D eigenvalue weighted by molar-refractivity contribution is 5.88. The van der Waals surface area contributed by atoms with Gasteiger partial charge in [-0.05, 0) is 35.5 Å². The van der Waals surface area contributed by atoms with E-state index in [0.29, 0.717) is 5.92 Å². The number of rotatable bonds is 4. The van der Waals surface area contributed by atoms with Crippen LogP contribution in [0.4, 0.5) is 0 Å². The van der Waals surface area contributed by atoms with Gasteiger partial charge in [-0.3, -0.25) is 4.79 Å². The molecule has 100 valence electrons. The summed E-state index contributed by atoms with van der Waals surface area (Å²) in [6, 6.07) is 8.42. The smallest absolute Gasteiger partial charge is 0.243 e. The van der Waals surface area contributed by atoms with Crippen molar-refractivity contribution in [3.05, 3.63) is 53.1 Å². The lowest BCUT2D eigenvalue weighted by molar-refractivity contribution is -0.116. The van der Waals surface area contributed by atoms with Crippen molar-refractivity contribution >= 4 is 12.0 Å². The van der Waals surface area contributed by atoms with E-state index >= 15 is 0 Å². The highest BCUT2D eigenvalue weighted by atomic mass is 16.1. The van der Waals surface area contributed by atoms with Crippen LogP contribution < -0.4 is 5.32 Å². The Morgan fingerprint density at radius 1 is 1.32 bits per heavy atom. The van der Waals surface area contributed by atoms with Crippen LogP contribution in [0.3, 0.4) is 0 Å². The van der Waals surface area contributed by atoms with E-state index in [4.69, 9.17) is 0 Å². The first-order valence-electron chi connectivity index (χ1n) is 6.89. The molecule has 0 unspecified atom stereocenters. The standard InChI is InChI=1S/C17H21NO/c1-13(2)12-18-17(19)10-8-14-7-9-15-5-3-4-6-16(15)11-14/h3-6,8,10-11,13H,7,9,12H2,1-2H3,(H,18,19)/b10-8+. The van der Waals surface area contributed by atoms with Crippen molar-refractivity contribution in [3.63, 3.8) is 0 Å². The van der Waals surface area contributed by atoms with Gasteiger partial charge in [0.15, 0.2) is 0 Å². The summed E-state index contributed by atoms with van der Waals surface area (Å²) in [4.78, 5) is 11.6. The number of fused-ring (bicyclic) bond motifs is 1. The minimum atomic E-state index is -0.00606. The van der Waals surface area contributed by atoms with Crippen molar-refractivity contribution in [3.8, 4) is 0 Å². The van der Waals surface area contributed by atoms with Crippen molar-refractivity contribution in [2.45, 2.75) is 26.7 Å². The lowest BCUT2D eigenvalue weighted by atomic mass is 9.92. The third kappa shape index (κ3) is 4.09. The second kappa shape index (κ2) is 6.37. The number of hydrogen-bond acceptors (Lipinski definition) is 1. The van der Waals surface area contributed by atoms with Crippen LogP contribution in [0.2, 0.25) is 0 Å². The van der Waals surface area contributed by atoms with Gasteiger partial charge in [-0.25, -0.2) is 0 Å². The van der Waals surface area contributed by atoms with Gasteiger partial charge < -0.3 is 5.32 Å². The number of hydrogen-bond donors (Lipinski definition) is 1. The Morgan fingerprint density at radius 2 is 2.11 bits per heavy atom. The van der Waals surface area contributed by atoms with Gasteiger partial charge in [0.25, 0.3) is 0 Å². The highest BCUT2D eigenvalue weighted by Gasteiger charge is 2.07. The zero-order valence-corrected chi connectivity index (χ0v) is 11.6. The van der Waals surface area contributed by atoms with E-state index in [2.05, 4.69) is 49.5 Å². The molecule has 0 fully saturated rings. The molecule has 0 atom stereocenters. The third-order valence-corrected chi connectivity index (χ3v) is 3.21. The quantitative estimate of drug-likeness (QED) is 0.821. The molecule has 0 saturated heterocycles. The van der Waals surface area contributed by atoms with Gasteiger partial charge in [-0.2, -0.15) is 0 Å². The number of amides is 1. The summed E-state index contributed by atoms with van der Waals surface area (Å²) in [5, 5.41) is 2.89. The zero-order chi connectivity index (χ0) is 13.7. The molecule has 0 aliphatic heterocycles. The molecule has 19 heavy (non-hydrogen) atoms. The van der Waals surface area contributed by atoms with Crippen LogP contribution in [-0.2, 0) is 11.2 Å². The van der Waals surface area contributed by atoms with E-state index in [0.717, 1.165) is 19.4 Å². The molecule has 0 saturated carbocycles. The van der Waals surface area contributed by atoms with Crippen molar-refractivity contribution < 1.29 is 4.79 Å². The molecular formula is C17H21NO. The summed E-state index contributed by atoms with van der Waals surface area (Å²) in [5.41, 5.74) is 3.89. The minimum absolute atomic E-state index is 0.00606. The van der Waals surface area contributed by atoms with E-state index in [1.807, 2.05) is 6.08 Å². The molecule has 0 radical (unpaired) electrons. The predicted octanol–water partition coefficient (Wildman–Crippen LogP) is 3.34. The molecule has 1 N–H and O–H groups in total. The van der Waals surface area contributed by atoms with E-state index in [1.54, 1.807) is 6.08 Å². The average molecular weight is 255 g/mol. The maximum absolute atomic E-state index is 11.6. The van der Waals surface area contributed by atoms with Gasteiger partial charge in [0.1, 0.15) is 0 Å². The Balaban J connectivity index is 1.97. The van der Waals surface area contributed by atoms with Gasteiger partial charge in [-0.15, -0.1) is 0 Å². The maximum atomic E-state index is 11.6. The molecule has 1 aromatic rings. The Bertz CT molecular complexity index is 512. The molecule has 1 aliphatic rings. The summed E-state index contributed by atoms with van der Waals surface area (Å²) >= 11 is 0. The number of carbonyl (C=O) groups excluding carboxylic acids is 1. The average Bonchev–Trinajstić information content (AvgIpc) is 2.42. The monoisotopic (exact) mass is 255 g/mol. The second-order valence-corrected chi connectivity index (χ2v) is 5.39. The molecule has 2 nitrogen and oxygen atoms in total. The van der Waals surface area contributed by atoms with Crippen LogP contribution in [0, 0.1) is 5.92 Å². The number of nitrogens with one attached hydrogen (secondary N) is 1. The first-order valence-corrected chi connectivity index (χ1v) is 6.89. The molecule has 0 spiro atoms. The maximum Gasteiger partial charge on any atom is 0.243 e. The van der Waals surface area contributed by atoms with Crippen LogP contribution in [-0.4, -0.2) is 12.5 Å². The van der Waals surface area contributed by atoms with Crippen LogP contribution in [0.25, 0.3) is 6.08 Å². The number of aryl methyl sites for hydroxylation is 1. The molecule has 0 aromatic heterocycles. The van der Waals surface area contributed by atoms with Gasteiger partial charge >= 0.3 is 0 Å². The zero-order valence-electron chi connectivity index (χ0n) is 11.6. The van der Waals surface area contributed by atoms with Crippen LogP contribution in [0.1, 0.15) is 31.4 Å². The van der Waals surface area contributed by atoms with Gasteiger partial charge in [-0.1, -0.05) is 50.3 Å². The SMILES string of the molecule is CC(C)CNC(=O)/C=C/C1=Cc2ccccc2CC1. The fraction of sp³-hybridized carbons (Fsp3) is 0.353. The van der Waals surface area contributed by atoms with Crippen LogP contribution in [0.15, 0.2) is 42.0 Å². The van der Waals surface area contributed by atoms with E-state index in [-0.39, 0.29) is 5.91 Å². The van der Waals surface area contributed by atoms with E-state index < -0.39 is 0 Å². The second-order valence-electron chi connectivity index (χ2n) is 5.39. The van der Waals surface area contributed by atoms with Crippen LogP contribution >= 0.6 is 0 Å². The molecule has 1 aliphatic carbocycles. The predicted molar refractivity (Wildman–Crippen MR) is 79.7 cm³/mol. The lowest BCUT2D eigenvalue weighted by Gasteiger charge is -2.13. The molecule has 2 rings (SSSR count). The van der Waals surface area contributed by atoms with Crippen LogP contribution in [0.5, 0.6) is 0 Å². The minimum Gasteiger partial charge on any atom is -0.352 e. The summed E-state index contributed by atoms with van der Waals surface area (Å²) in [6.07, 6.45) is 7.81. The van der Waals surface area contributed by atoms with Crippen molar-refractivity contribution in [1.82, 2.24) is 5.32 Å². The summed E-state index contributed by atoms with van der Waals surface area (Å²) in [7, 11) is 0. The molecule has 1 aromatic carbocycles. The van der Waals surface area contributed by atoms with E-state index in [9.17, 15) is 4.79 Å². The molecule has 0 heterocycles. The molecule has 0 bridgehead atoms. The largest absolute Gasteiger partial charge is 0.352 e. The Labute approximate surface area is 115 Å². The van der Waals surface area contributed by atoms with Gasteiger partial charge in [0.05, 0.1) is 0 Å². The van der Waals surface area contributed by atoms with Gasteiger partial charge in [0, 0.05) is 12.6 Å². The van der Waals surface area contributed by atoms with Crippen molar-refractivity contribution in [1.29, 1.82) is 0 Å². The lowest BCUT2D eigenvalue weighted by Crippen LogP contribution is -2.25. The normalized spacial score (nSPS) is 14.4. The molecule has 2 heteroatoms. The van der Waals surface area contributed by atoms with Gasteiger partial charge in [0.2, 0.25) is 5.91 Å². The topological polar surface area (TPSA) is 29.1 Å². The summed E-state index contributed by atoms with van der Waals surface area (Å²) < 4.78 is 0. The van der Waals surface area contributed by atoms with Crippen molar-refractivity contribution in [2.75, 3.05) is 6.54 Å². The fourth-order valence-corrected chi connectivity index (χ4v) is 2.13. The Kier molecular flexibility index (Phi) is 4.56. The number of carbonyl (C=O) groups is 1. The third-order valence-electron chi connectivity index (χ3n) is 3.21. The Hall–Kier alpha value is -1.83.